The molecule has 1 N–H and O–H groups in total. The van der Waals surface area contributed by atoms with Crippen LogP contribution in [0.5, 0.6) is 0 Å². The number of carbonyl (C=O) groups is 1. The van der Waals surface area contributed by atoms with Crippen LogP contribution in [0.2, 0.25) is 0 Å². The van der Waals surface area contributed by atoms with E-state index in [0.29, 0.717) is 37.4 Å². The van der Waals surface area contributed by atoms with Gasteiger partial charge in [0.05, 0.1) is 24.8 Å². The van der Waals surface area contributed by atoms with Crippen molar-refractivity contribution >= 4 is 35.2 Å². The first-order valence-electron chi connectivity index (χ1n) is 15.0. The molecule has 4 aliphatic rings. The number of hydrogen-bond donors (Lipinski definition) is 1. The SMILES string of the molecule is CN1CCC(c2ccc(Nc3ncc4c(n3)N(c3cccc(N5CCOC5=O)n3)[C@@H]3CC(C)(C)OC[C@]43C)cc2)CC1. The average molecular weight is 570 g/mol. The van der Waals surface area contributed by atoms with Crippen molar-refractivity contribution in [2.45, 2.75) is 63.0 Å². The molecule has 7 rings (SSSR count). The van der Waals surface area contributed by atoms with E-state index in [1.54, 1.807) is 4.90 Å². The summed E-state index contributed by atoms with van der Waals surface area (Å²) in [7, 11) is 2.19. The molecule has 2 aromatic heterocycles. The van der Waals surface area contributed by atoms with Gasteiger partial charge in [-0.2, -0.15) is 4.98 Å². The number of likely N-dealkylation sites (tertiary alicyclic amines) is 1. The fourth-order valence-electron chi connectivity index (χ4n) is 6.87. The van der Waals surface area contributed by atoms with Crippen molar-refractivity contribution in [3.8, 4) is 0 Å². The van der Waals surface area contributed by atoms with Crippen LogP contribution in [0.15, 0.2) is 48.7 Å². The monoisotopic (exact) mass is 569 g/mol. The van der Waals surface area contributed by atoms with Gasteiger partial charge in [0.25, 0.3) is 0 Å². The molecule has 0 saturated carbocycles. The summed E-state index contributed by atoms with van der Waals surface area (Å²) in [5.74, 6) is 3.28. The number of benzene rings is 1. The van der Waals surface area contributed by atoms with Crippen molar-refractivity contribution in [2.24, 2.45) is 0 Å². The number of amides is 1. The maximum Gasteiger partial charge on any atom is 0.415 e. The molecule has 42 heavy (non-hydrogen) atoms. The maximum atomic E-state index is 12.3. The van der Waals surface area contributed by atoms with Gasteiger partial charge in [-0.15, -0.1) is 0 Å². The molecule has 0 unspecified atom stereocenters. The van der Waals surface area contributed by atoms with Gasteiger partial charge in [0.15, 0.2) is 0 Å². The van der Waals surface area contributed by atoms with E-state index in [-0.39, 0.29) is 23.2 Å². The number of nitrogens with zero attached hydrogens (tertiary/aromatic N) is 6. The summed E-state index contributed by atoms with van der Waals surface area (Å²) in [5.41, 5.74) is 2.77. The lowest BCUT2D eigenvalue weighted by atomic mass is 9.73. The highest BCUT2D eigenvalue weighted by Crippen LogP contribution is 2.53. The molecule has 220 valence electrons. The second kappa shape index (κ2) is 10.2. The Morgan fingerprint density at radius 2 is 1.74 bits per heavy atom. The molecule has 1 aromatic carbocycles. The Morgan fingerprint density at radius 3 is 2.48 bits per heavy atom. The summed E-state index contributed by atoms with van der Waals surface area (Å²) in [4.78, 5) is 33.3. The van der Waals surface area contributed by atoms with Crippen molar-refractivity contribution in [2.75, 3.05) is 55.0 Å². The average Bonchev–Trinajstić information content (AvgIpc) is 3.52. The summed E-state index contributed by atoms with van der Waals surface area (Å²) in [6.45, 7) is 10.2. The van der Waals surface area contributed by atoms with Crippen LogP contribution in [0.25, 0.3) is 0 Å². The minimum Gasteiger partial charge on any atom is -0.447 e. The Kier molecular flexibility index (Phi) is 6.58. The number of fused-ring (bicyclic) bond motifs is 3. The molecule has 0 radical (unpaired) electrons. The van der Waals surface area contributed by atoms with Gasteiger partial charge in [-0.3, -0.25) is 4.90 Å². The number of anilines is 5. The molecule has 0 bridgehead atoms. The zero-order chi connectivity index (χ0) is 29.1. The van der Waals surface area contributed by atoms with Gasteiger partial charge in [0, 0.05) is 22.9 Å². The summed E-state index contributed by atoms with van der Waals surface area (Å²) in [5, 5.41) is 3.44. The van der Waals surface area contributed by atoms with Crippen LogP contribution in [-0.2, 0) is 14.9 Å². The van der Waals surface area contributed by atoms with Crippen LogP contribution in [0, 0.1) is 0 Å². The number of piperidine rings is 1. The van der Waals surface area contributed by atoms with Crippen molar-refractivity contribution in [1.82, 2.24) is 19.9 Å². The number of hydrogen-bond acceptors (Lipinski definition) is 9. The quantitative estimate of drug-likeness (QED) is 0.436. The number of pyridine rings is 1. The number of nitrogens with one attached hydrogen (secondary N) is 1. The van der Waals surface area contributed by atoms with Gasteiger partial charge < -0.3 is 24.6 Å². The van der Waals surface area contributed by atoms with E-state index in [1.165, 1.54) is 18.4 Å². The number of rotatable bonds is 5. The highest BCUT2D eigenvalue weighted by molar-refractivity contribution is 5.88. The molecule has 0 spiro atoms. The Labute approximate surface area is 247 Å². The molecule has 10 heteroatoms. The van der Waals surface area contributed by atoms with Crippen LogP contribution in [0.3, 0.4) is 0 Å². The van der Waals surface area contributed by atoms with Gasteiger partial charge in [0.2, 0.25) is 5.95 Å². The molecule has 3 aromatic rings. The smallest absolute Gasteiger partial charge is 0.415 e. The summed E-state index contributed by atoms with van der Waals surface area (Å²) in [6, 6.07) is 14.5. The summed E-state index contributed by atoms with van der Waals surface area (Å²) >= 11 is 0. The third-order valence-electron chi connectivity index (χ3n) is 9.47. The van der Waals surface area contributed by atoms with E-state index >= 15 is 0 Å². The highest BCUT2D eigenvalue weighted by atomic mass is 16.6. The van der Waals surface area contributed by atoms with Crippen molar-refractivity contribution in [3.05, 3.63) is 59.8 Å². The van der Waals surface area contributed by atoms with Crippen LogP contribution in [0.1, 0.15) is 57.1 Å². The lowest BCUT2D eigenvalue weighted by Crippen LogP contribution is -2.54. The molecule has 1 amide bonds. The van der Waals surface area contributed by atoms with Gasteiger partial charge in [-0.05, 0) is 89.0 Å². The highest BCUT2D eigenvalue weighted by Gasteiger charge is 2.55. The third-order valence-corrected chi connectivity index (χ3v) is 9.47. The molecule has 10 nitrogen and oxygen atoms in total. The Balaban J connectivity index is 1.21. The van der Waals surface area contributed by atoms with E-state index < -0.39 is 0 Å². The standard InChI is InChI=1S/C32H39N7O3/c1-31(2)18-25-32(3,20-42-31)24-19-33-29(34-23-10-8-21(9-11-23)22-12-14-37(4)15-13-22)36-28(24)39(25)27-7-5-6-26(35-27)38-16-17-41-30(38)40/h5-11,19,22,25H,12-18,20H2,1-4H3,(H,33,34,36)/t25-,32-/m1/s1. The molecule has 3 fully saturated rings. The second-order valence-corrected chi connectivity index (χ2v) is 12.9. The number of aromatic nitrogens is 3. The van der Waals surface area contributed by atoms with Gasteiger partial charge >= 0.3 is 6.09 Å². The summed E-state index contributed by atoms with van der Waals surface area (Å²) in [6.07, 6.45) is 4.75. The zero-order valence-corrected chi connectivity index (χ0v) is 24.8. The minimum atomic E-state index is -0.367. The molecule has 6 heterocycles. The lowest BCUT2D eigenvalue weighted by Gasteiger charge is -2.46. The second-order valence-electron chi connectivity index (χ2n) is 12.9. The fraction of sp³-hybridized carbons (Fsp3) is 0.500. The lowest BCUT2D eigenvalue weighted by molar-refractivity contribution is -0.0893. The Morgan fingerprint density at radius 1 is 0.976 bits per heavy atom. The first kappa shape index (κ1) is 27.1. The predicted molar refractivity (Wildman–Crippen MR) is 162 cm³/mol. The molecular formula is C32H39N7O3. The van der Waals surface area contributed by atoms with Crippen molar-refractivity contribution in [1.29, 1.82) is 0 Å². The van der Waals surface area contributed by atoms with Gasteiger partial charge in [-0.25, -0.2) is 14.8 Å². The van der Waals surface area contributed by atoms with E-state index in [1.807, 2.05) is 24.4 Å². The molecule has 3 saturated heterocycles. The number of cyclic esters (lactones) is 1. The predicted octanol–water partition coefficient (Wildman–Crippen LogP) is 5.36. The van der Waals surface area contributed by atoms with Crippen molar-refractivity contribution < 1.29 is 14.3 Å². The minimum absolute atomic E-state index is 0.0582. The first-order chi connectivity index (χ1) is 20.2. The molecule has 0 aliphatic carbocycles. The topological polar surface area (TPSA) is 96.0 Å². The third kappa shape index (κ3) is 4.76. The van der Waals surface area contributed by atoms with E-state index in [2.05, 4.69) is 67.2 Å². The van der Waals surface area contributed by atoms with Gasteiger partial charge in [-0.1, -0.05) is 25.1 Å². The van der Waals surface area contributed by atoms with Crippen LogP contribution in [0.4, 0.5) is 33.9 Å². The van der Waals surface area contributed by atoms with Crippen LogP contribution >= 0.6 is 0 Å². The number of ether oxygens (including phenoxy) is 2. The Hall–Kier alpha value is -3.76. The molecule has 2 atom stereocenters. The van der Waals surface area contributed by atoms with E-state index in [4.69, 9.17) is 24.4 Å². The molecule has 4 aliphatic heterocycles. The normalized spacial score (nSPS) is 25.7. The Bertz CT molecular complexity index is 1490. The van der Waals surface area contributed by atoms with E-state index in [9.17, 15) is 4.79 Å². The number of carbonyl (C=O) groups excluding carboxylic acids is 1. The van der Waals surface area contributed by atoms with Crippen LogP contribution < -0.4 is 15.1 Å². The largest absolute Gasteiger partial charge is 0.447 e. The summed E-state index contributed by atoms with van der Waals surface area (Å²) < 4.78 is 11.5. The van der Waals surface area contributed by atoms with Crippen molar-refractivity contribution in [3.63, 3.8) is 0 Å². The zero-order valence-electron chi connectivity index (χ0n) is 24.8. The maximum absolute atomic E-state index is 12.3. The first-order valence-corrected chi connectivity index (χ1v) is 15.0. The fourth-order valence-corrected chi connectivity index (χ4v) is 6.87. The van der Waals surface area contributed by atoms with Gasteiger partial charge in [0.1, 0.15) is 24.1 Å². The molecular weight excluding hydrogens is 530 g/mol. The van der Waals surface area contributed by atoms with Crippen LogP contribution in [-0.4, -0.2) is 77.5 Å². The van der Waals surface area contributed by atoms with E-state index in [0.717, 1.165) is 42.4 Å².